The molecule has 0 aliphatic carbocycles. The van der Waals surface area contributed by atoms with Gasteiger partial charge in [0, 0.05) is 52.4 Å². The summed E-state index contributed by atoms with van der Waals surface area (Å²) in [5, 5.41) is 6.76. The van der Waals surface area contributed by atoms with Crippen LogP contribution in [0.15, 0.2) is 0 Å². The van der Waals surface area contributed by atoms with Gasteiger partial charge in [-0.1, -0.05) is 20.8 Å². The molecule has 1 aliphatic heterocycles. The Morgan fingerprint density at radius 2 is 1.28 bits per heavy atom. The molecule has 0 bridgehead atoms. The van der Waals surface area contributed by atoms with E-state index < -0.39 is 0 Å². The van der Waals surface area contributed by atoms with Crippen molar-refractivity contribution in [2.45, 2.75) is 27.2 Å². The van der Waals surface area contributed by atoms with Crippen molar-refractivity contribution in [1.29, 1.82) is 0 Å². The van der Waals surface area contributed by atoms with E-state index in [1.807, 2.05) is 0 Å². The summed E-state index contributed by atoms with van der Waals surface area (Å²) in [4.78, 5) is 5.01. The summed E-state index contributed by atoms with van der Waals surface area (Å²) >= 11 is 0. The van der Waals surface area contributed by atoms with Crippen LogP contribution in [0.4, 0.5) is 0 Å². The molecule has 1 fully saturated rings. The van der Waals surface area contributed by atoms with E-state index in [0.717, 1.165) is 91.9 Å². The van der Waals surface area contributed by atoms with E-state index >= 15 is 0 Å². The molecular weight excluding hydrogens is 316 g/mol. The van der Waals surface area contributed by atoms with Gasteiger partial charge in [-0.25, -0.2) is 0 Å². The Hall–Kier alpha value is -0.240. The van der Waals surface area contributed by atoms with Gasteiger partial charge in [-0.3, -0.25) is 9.80 Å². The smallest absolute Gasteiger partial charge is 0.0594 e. The second kappa shape index (κ2) is 16.0. The largest absolute Gasteiger partial charge is 0.379 e. The topological polar surface area (TPSA) is 49.0 Å². The van der Waals surface area contributed by atoms with Gasteiger partial charge in [0.25, 0.3) is 0 Å². The molecule has 0 atom stereocenters. The summed E-state index contributed by atoms with van der Waals surface area (Å²) in [6.07, 6.45) is 1.18. The molecule has 1 aliphatic rings. The van der Waals surface area contributed by atoms with E-state index in [-0.39, 0.29) is 0 Å². The van der Waals surface area contributed by atoms with Crippen molar-refractivity contribution >= 4 is 0 Å². The predicted molar refractivity (Wildman–Crippen MR) is 105 cm³/mol. The Morgan fingerprint density at radius 1 is 0.760 bits per heavy atom. The maximum Gasteiger partial charge on any atom is 0.0594 e. The van der Waals surface area contributed by atoms with Crippen LogP contribution in [0.1, 0.15) is 27.2 Å². The Kier molecular flexibility index (Phi) is 14.6. The summed E-state index contributed by atoms with van der Waals surface area (Å²) in [7, 11) is 0. The Morgan fingerprint density at radius 3 is 1.76 bits per heavy atom. The molecule has 1 saturated heterocycles. The molecule has 6 nitrogen and oxygen atoms in total. The molecule has 0 aromatic heterocycles. The third-order valence-electron chi connectivity index (χ3n) is 4.39. The van der Waals surface area contributed by atoms with Gasteiger partial charge in [0.1, 0.15) is 0 Å². The number of piperazine rings is 1. The van der Waals surface area contributed by atoms with E-state index in [1.54, 1.807) is 0 Å². The summed E-state index contributed by atoms with van der Waals surface area (Å²) in [5.41, 5.74) is 0. The van der Waals surface area contributed by atoms with Crippen molar-refractivity contribution < 1.29 is 9.47 Å². The van der Waals surface area contributed by atoms with Crippen LogP contribution in [-0.4, -0.2) is 102 Å². The Balaban J connectivity index is 1.86. The van der Waals surface area contributed by atoms with Crippen LogP contribution in [0.2, 0.25) is 0 Å². The second-order valence-electron chi connectivity index (χ2n) is 7.26. The molecule has 1 heterocycles. The SMILES string of the molecule is CCCNCCOCCN1CCN(CCOCCNCC(C)C)CC1. The standard InChI is InChI=1S/C19H42N4O2/c1-4-5-20-6-14-24-16-12-22-8-10-23(11-9-22)13-17-25-15-7-21-18-19(2)3/h19-21H,4-18H2,1-3H3. The molecule has 0 aromatic rings. The third-order valence-corrected chi connectivity index (χ3v) is 4.39. The van der Waals surface area contributed by atoms with Crippen molar-refractivity contribution in [3.8, 4) is 0 Å². The molecule has 0 unspecified atom stereocenters. The minimum Gasteiger partial charge on any atom is -0.379 e. The third kappa shape index (κ3) is 13.6. The minimum absolute atomic E-state index is 0.708. The Bertz CT molecular complexity index is 285. The first-order valence-electron chi connectivity index (χ1n) is 10.2. The number of rotatable bonds is 16. The maximum atomic E-state index is 5.72. The highest BCUT2D eigenvalue weighted by atomic mass is 16.5. The van der Waals surface area contributed by atoms with Gasteiger partial charge in [-0.15, -0.1) is 0 Å². The van der Waals surface area contributed by atoms with Crippen molar-refractivity contribution in [3.63, 3.8) is 0 Å². The first-order valence-corrected chi connectivity index (χ1v) is 10.2. The number of nitrogens with zero attached hydrogens (tertiary/aromatic N) is 2. The normalized spacial score (nSPS) is 16.8. The zero-order valence-electron chi connectivity index (χ0n) is 16.9. The fourth-order valence-electron chi connectivity index (χ4n) is 2.81. The number of ether oxygens (including phenoxy) is 2. The van der Waals surface area contributed by atoms with Crippen molar-refractivity contribution in [3.05, 3.63) is 0 Å². The number of nitrogens with one attached hydrogen (secondary N) is 2. The van der Waals surface area contributed by atoms with Gasteiger partial charge in [-0.2, -0.15) is 0 Å². The highest BCUT2D eigenvalue weighted by Gasteiger charge is 2.15. The fraction of sp³-hybridized carbons (Fsp3) is 1.00. The van der Waals surface area contributed by atoms with Gasteiger partial charge >= 0.3 is 0 Å². The average molecular weight is 359 g/mol. The van der Waals surface area contributed by atoms with E-state index in [4.69, 9.17) is 9.47 Å². The molecule has 0 radical (unpaired) electrons. The molecule has 0 aromatic carbocycles. The summed E-state index contributed by atoms with van der Waals surface area (Å²) in [5.74, 6) is 0.708. The first kappa shape index (κ1) is 22.8. The van der Waals surface area contributed by atoms with Crippen molar-refractivity contribution in [2.24, 2.45) is 5.92 Å². The van der Waals surface area contributed by atoms with Gasteiger partial charge in [0.05, 0.1) is 26.4 Å². The zero-order valence-corrected chi connectivity index (χ0v) is 16.9. The van der Waals surface area contributed by atoms with Crippen LogP contribution in [0.3, 0.4) is 0 Å². The molecule has 25 heavy (non-hydrogen) atoms. The second-order valence-corrected chi connectivity index (χ2v) is 7.26. The highest BCUT2D eigenvalue weighted by molar-refractivity contribution is 4.71. The fourth-order valence-corrected chi connectivity index (χ4v) is 2.81. The van der Waals surface area contributed by atoms with Gasteiger partial charge in [0.2, 0.25) is 0 Å². The zero-order chi connectivity index (χ0) is 18.2. The van der Waals surface area contributed by atoms with E-state index in [1.165, 1.54) is 6.42 Å². The van der Waals surface area contributed by atoms with Crippen LogP contribution in [0.5, 0.6) is 0 Å². The van der Waals surface area contributed by atoms with Gasteiger partial charge in [0.15, 0.2) is 0 Å². The summed E-state index contributed by atoms with van der Waals surface area (Å²) < 4.78 is 11.4. The Labute approximate surface area is 155 Å². The van der Waals surface area contributed by atoms with Crippen LogP contribution in [0, 0.1) is 5.92 Å². The first-order chi connectivity index (χ1) is 12.2. The molecule has 150 valence electrons. The number of hydrogen-bond acceptors (Lipinski definition) is 6. The predicted octanol–water partition coefficient (Wildman–Crippen LogP) is 0.882. The van der Waals surface area contributed by atoms with E-state index in [2.05, 4.69) is 41.2 Å². The molecule has 0 saturated carbocycles. The lowest BCUT2D eigenvalue weighted by molar-refractivity contribution is 0.0578. The molecule has 2 N–H and O–H groups in total. The maximum absolute atomic E-state index is 5.72. The monoisotopic (exact) mass is 358 g/mol. The minimum atomic E-state index is 0.708. The van der Waals surface area contributed by atoms with E-state index in [9.17, 15) is 0 Å². The quantitative estimate of drug-likeness (QED) is 0.400. The number of hydrogen-bond donors (Lipinski definition) is 2. The lowest BCUT2D eigenvalue weighted by atomic mass is 10.2. The lowest BCUT2D eigenvalue weighted by Gasteiger charge is -2.34. The molecule has 6 heteroatoms. The van der Waals surface area contributed by atoms with Gasteiger partial charge in [-0.05, 0) is 25.4 Å². The van der Waals surface area contributed by atoms with Crippen LogP contribution in [-0.2, 0) is 9.47 Å². The highest BCUT2D eigenvalue weighted by Crippen LogP contribution is 2.01. The summed E-state index contributed by atoms with van der Waals surface area (Å²) in [6, 6.07) is 0. The molecule has 0 spiro atoms. The molecule has 0 amide bonds. The van der Waals surface area contributed by atoms with Crippen LogP contribution in [0.25, 0.3) is 0 Å². The lowest BCUT2D eigenvalue weighted by Crippen LogP contribution is -2.48. The molecular formula is C19H42N4O2. The van der Waals surface area contributed by atoms with Crippen molar-refractivity contribution in [2.75, 3.05) is 91.9 Å². The average Bonchev–Trinajstić information content (AvgIpc) is 2.61. The van der Waals surface area contributed by atoms with Crippen LogP contribution < -0.4 is 10.6 Å². The van der Waals surface area contributed by atoms with E-state index in [0.29, 0.717) is 5.92 Å². The van der Waals surface area contributed by atoms with Crippen molar-refractivity contribution in [1.82, 2.24) is 20.4 Å². The van der Waals surface area contributed by atoms with Crippen LogP contribution >= 0.6 is 0 Å². The summed E-state index contributed by atoms with van der Waals surface area (Å²) in [6.45, 7) is 20.7. The molecule has 1 rings (SSSR count). The van der Waals surface area contributed by atoms with Gasteiger partial charge < -0.3 is 20.1 Å².